The lowest BCUT2D eigenvalue weighted by molar-refractivity contribution is -0.344. The Hall–Kier alpha value is -2.18. The lowest BCUT2D eigenvalue weighted by atomic mass is 10.1. The second-order valence-electron chi connectivity index (χ2n) is 5.39. The summed E-state index contributed by atoms with van der Waals surface area (Å²) in [4.78, 5) is 22.7. The largest absolute Gasteiger partial charge is 0.459 e. The van der Waals surface area contributed by atoms with Crippen molar-refractivity contribution in [1.29, 1.82) is 0 Å². The number of carbonyl (C=O) groups excluding carboxylic acids is 2. The molecule has 14 heteroatoms. The first kappa shape index (κ1) is 24.9. The minimum atomic E-state index is -6.53. The van der Waals surface area contributed by atoms with Crippen LogP contribution in [-0.2, 0) is 14.3 Å². The molecule has 0 radical (unpaired) electrons. The summed E-state index contributed by atoms with van der Waals surface area (Å²) in [6.07, 6.45) is -7.09. The molecular formula is C15H10ClF9O4. The monoisotopic (exact) mass is 460 g/mol. The third-order valence-electron chi connectivity index (χ3n) is 3.23. The first-order valence-electron chi connectivity index (χ1n) is 7.35. The van der Waals surface area contributed by atoms with Gasteiger partial charge in [0.25, 0.3) is 0 Å². The number of ether oxygens (including phenoxy) is 2. The predicted molar refractivity (Wildman–Crippen MR) is 78.1 cm³/mol. The maximum atomic E-state index is 13.4. The van der Waals surface area contributed by atoms with E-state index in [-0.39, 0.29) is 5.02 Å². The van der Waals surface area contributed by atoms with Gasteiger partial charge in [-0.3, -0.25) is 9.59 Å². The van der Waals surface area contributed by atoms with Crippen molar-refractivity contribution in [3.8, 4) is 5.75 Å². The van der Waals surface area contributed by atoms with E-state index in [4.69, 9.17) is 11.6 Å². The molecule has 0 saturated carbocycles. The van der Waals surface area contributed by atoms with Gasteiger partial charge in [0.15, 0.2) is 18.2 Å². The molecular weight excluding hydrogens is 451 g/mol. The van der Waals surface area contributed by atoms with Crippen LogP contribution in [0.4, 0.5) is 39.5 Å². The molecule has 1 rings (SSSR count). The topological polar surface area (TPSA) is 52.6 Å². The number of carbonyl (C=O) groups is 2. The molecule has 164 valence electrons. The summed E-state index contributed by atoms with van der Waals surface area (Å²) in [5.41, 5.74) is 0. The summed E-state index contributed by atoms with van der Waals surface area (Å²) in [6, 6.07) is 3.21. The smallest absolute Gasteiger partial charge is 0.381 e. The fraction of sp³-hybridized carbons (Fsp3) is 0.467. The van der Waals surface area contributed by atoms with Crippen LogP contribution in [0.2, 0.25) is 5.02 Å². The average molecular weight is 461 g/mol. The molecule has 1 aromatic rings. The van der Waals surface area contributed by atoms with Crippen LogP contribution < -0.4 is 4.74 Å². The van der Waals surface area contributed by atoms with E-state index < -0.39 is 67.1 Å². The quantitative estimate of drug-likeness (QED) is 0.299. The molecule has 0 aliphatic carbocycles. The van der Waals surface area contributed by atoms with Crippen molar-refractivity contribution in [2.75, 3.05) is 6.61 Å². The zero-order chi connectivity index (χ0) is 22.6. The minimum absolute atomic E-state index is 0.317. The van der Waals surface area contributed by atoms with Crippen molar-refractivity contribution in [1.82, 2.24) is 0 Å². The van der Waals surface area contributed by atoms with E-state index in [0.29, 0.717) is 0 Å². The number of rotatable bonds is 9. The van der Waals surface area contributed by atoms with Gasteiger partial charge in [-0.1, -0.05) is 17.7 Å². The van der Waals surface area contributed by atoms with Gasteiger partial charge < -0.3 is 9.47 Å². The molecule has 0 atom stereocenters. The molecule has 0 N–H and O–H groups in total. The fourth-order valence-corrected chi connectivity index (χ4v) is 1.87. The summed E-state index contributed by atoms with van der Waals surface area (Å²) in [5.74, 6) is -23.6. The van der Waals surface area contributed by atoms with Gasteiger partial charge in [-0.15, -0.1) is 0 Å². The van der Waals surface area contributed by atoms with Gasteiger partial charge in [-0.05, 0) is 12.1 Å². The van der Waals surface area contributed by atoms with Gasteiger partial charge in [0.1, 0.15) is 0 Å². The Morgan fingerprint density at radius 1 is 1.00 bits per heavy atom. The van der Waals surface area contributed by atoms with Crippen LogP contribution in [-0.4, -0.2) is 42.7 Å². The maximum Gasteiger partial charge on any atom is 0.381 e. The fourth-order valence-electron chi connectivity index (χ4n) is 1.66. The zero-order valence-corrected chi connectivity index (χ0v) is 14.6. The zero-order valence-electron chi connectivity index (χ0n) is 13.8. The Labute approximate surface area is 161 Å². The highest BCUT2D eigenvalue weighted by molar-refractivity contribution is 6.32. The lowest BCUT2D eigenvalue weighted by Crippen LogP contribution is -2.59. The van der Waals surface area contributed by atoms with Gasteiger partial charge in [0.2, 0.25) is 0 Å². The SMILES string of the molecule is O=C(CCC(=O)Oc1c(F)cccc1Cl)OCC(F)(F)C(F)(F)C(F)(F)C(F)F. The third kappa shape index (κ3) is 5.67. The predicted octanol–water partition coefficient (Wildman–Crippen LogP) is 4.88. The van der Waals surface area contributed by atoms with Crippen LogP contribution in [0.5, 0.6) is 5.75 Å². The van der Waals surface area contributed by atoms with Gasteiger partial charge in [0.05, 0.1) is 17.9 Å². The maximum absolute atomic E-state index is 13.4. The molecule has 4 nitrogen and oxygen atoms in total. The summed E-state index contributed by atoms with van der Waals surface area (Å²) in [7, 11) is 0. The molecule has 0 spiro atoms. The molecule has 0 saturated heterocycles. The van der Waals surface area contributed by atoms with E-state index in [1.165, 1.54) is 6.07 Å². The van der Waals surface area contributed by atoms with Crippen LogP contribution in [0.3, 0.4) is 0 Å². The number of esters is 2. The molecule has 0 aliphatic heterocycles. The number of para-hydroxylation sites is 1. The van der Waals surface area contributed by atoms with Crippen molar-refractivity contribution >= 4 is 23.5 Å². The van der Waals surface area contributed by atoms with Gasteiger partial charge in [0, 0.05) is 0 Å². The number of hydrogen-bond acceptors (Lipinski definition) is 4. The Morgan fingerprint density at radius 3 is 2.07 bits per heavy atom. The summed E-state index contributed by atoms with van der Waals surface area (Å²) in [6.45, 7) is -2.66. The first-order chi connectivity index (χ1) is 13.1. The number of alkyl halides is 8. The third-order valence-corrected chi connectivity index (χ3v) is 3.53. The number of hydrogen-bond donors (Lipinski definition) is 0. The molecule has 0 unspecified atom stereocenters. The van der Waals surface area contributed by atoms with Gasteiger partial charge in [-0.25, -0.2) is 13.2 Å². The minimum Gasteiger partial charge on any atom is -0.459 e. The van der Waals surface area contributed by atoms with E-state index >= 15 is 0 Å². The summed E-state index contributed by atoms with van der Waals surface area (Å²) in [5, 5.41) is -0.317. The Bertz CT molecular complexity index is 735. The molecule has 0 amide bonds. The highest BCUT2D eigenvalue weighted by Gasteiger charge is 2.75. The van der Waals surface area contributed by atoms with Crippen LogP contribution in [0, 0.1) is 5.82 Å². The molecule has 1 aromatic carbocycles. The van der Waals surface area contributed by atoms with Gasteiger partial charge in [-0.2, -0.15) is 26.3 Å². The highest BCUT2D eigenvalue weighted by atomic mass is 35.5. The van der Waals surface area contributed by atoms with Crippen molar-refractivity contribution in [3.63, 3.8) is 0 Å². The first-order valence-corrected chi connectivity index (χ1v) is 7.73. The van der Waals surface area contributed by atoms with Crippen molar-refractivity contribution < 1.29 is 58.6 Å². The van der Waals surface area contributed by atoms with E-state index in [1.807, 2.05) is 0 Å². The van der Waals surface area contributed by atoms with E-state index in [0.717, 1.165) is 12.1 Å². The van der Waals surface area contributed by atoms with Crippen LogP contribution >= 0.6 is 11.6 Å². The Morgan fingerprint density at radius 2 is 1.55 bits per heavy atom. The van der Waals surface area contributed by atoms with Crippen molar-refractivity contribution in [2.24, 2.45) is 0 Å². The van der Waals surface area contributed by atoms with Gasteiger partial charge >= 0.3 is 36.1 Å². The number of halogens is 10. The molecule has 0 aliphatic rings. The van der Waals surface area contributed by atoms with Crippen LogP contribution in [0.25, 0.3) is 0 Å². The van der Waals surface area contributed by atoms with E-state index in [1.54, 1.807) is 0 Å². The highest BCUT2D eigenvalue weighted by Crippen LogP contribution is 2.48. The van der Waals surface area contributed by atoms with Crippen molar-refractivity contribution in [2.45, 2.75) is 37.0 Å². The molecule has 29 heavy (non-hydrogen) atoms. The standard InChI is InChI=1S/C15H10ClF9O4/c16-7-2-1-3-8(17)11(7)29-10(27)5-4-9(26)28-6-13(20,21)15(24,25)14(22,23)12(18)19/h1-3,12H,4-6H2. The van der Waals surface area contributed by atoms with Crippen LogP contribution in [0.1, 0.15) is 12.8 Å². The van der Waals surface area contributed by atoms with E-state index in [9.17, 15) is 49.1 Å². The average Bonchev–Trinajstić information content (AvgIpc) is 2.61. The molecule has 0 heterocycles. The van der Waals surface area contributed by atoms with Crippen LogP contribution in [0.15, 0.2) is 18.2 Å². The normalized spacial score (nSPS) is 12.8. The number of benzene rings is 1. The molecule has 0 aromatic heterocycles. The molecule has 0 bridgehead atoms. The lowest BCUT2D eigenvalue weighted by Gasteiger charge is -2.31. The second kappa shape index (κ2) is 9.09. The Balaban J connectivity index is 2.61. The summed E-state index contributed by atoms with van der Waals surface area (Å²) >= 11 is 5.56. The van der Waals surface area contributed by atoms with Crippen molar-refractivity contribution in [3.05, 3.63) is 29.0 Å². The second-order valence-corrected chi connectivity index (χ2v) is 5.80. The Kier molecular flexibility index (Phi) is 7.80. The molecule has 0 fully saturated rings. The summed E-state index contributed by atoms with van der Waals surface area (Å²) < 4.78 is 123. The van der Waals surface area contributed by atoms with E-state index in [2.05, 4.69) is 9.47 Å².